The second kappa shape index (κ2) is 6.21. The standard InChI is InChI=1S/C11H22N2O2S/c1-5-11(6-2,9-12)13-16(14,15)8-7-10(3)4/h10,13H,5-8H2,1-4H3. The van der Waals surface area contributed by atoms with Crippen LogP contribution in [0.15, 0.2) is 0 Å². The molecule has 0 aliphatic carbocycles. The van der Waals surface area contributed by atoms with Crippen molar-refractivity contribution in [2.75, 3.05) is 5.75 Å². The summed E-state index contributed by atoms with van der Waals surface area (Å²) < 4.78 is 26.1. The minimum Gasteiger partial charge on any atom is -0.212 e. The highest BCUT2D eigenvalue weighted by Crippen LogP contribution is 2.16. The van der Waals surface area contributed by atoms with Gasteiger partial charge in [0.15, 0.2) is 0 Å². The predicted octanol–water partition coefficient (Wildman–Crippen LogP) is 2.03. The zero-order valence-corrected chi connectivity index (χ0v) is 11.4. The summed E-state index contributed by atoms with van der Waals surface area (Å²) in [6, 6.07) is 2.07. The van der Waals surface area contributed by atoms with Gasteiger partial charge in [0, 0.05) is 0 Å². The van der Waals surface area contributed by atoms with Crippen molar-refractivity contribution in [1.82, 2.24) is 4.72 Å². The molecule has 0 atom stereocenters. The van der Waals surface area contributed by atoms with Crippen molar-refractivity contribution in [2.24, 2.45) is 5.92 Å². The summed E-state index contributed by atoms with van der Waals surface area (Å²) in [6.07, 6.45) is 1.59. The summed E-state index contributed by atoms with van der Waals surface area (Å²) in [5.74, 6) is 0.435. The molecule has 0 aliphatic rings. The van der Waals surface area contributed by atoms with Crippen molar-refractivity contribution in [2.45, 2.75) is 52.5 Å². The molecule has 0 fully saturated rings. The third kappa shape index (κ3) is 4.95. The Morgan fingerprint density at radius 3 is 2.12 bits per heavy atom. The maximum Gasteiger partial charge on any atom is 0.212 e. The fourth-order valence-electron chi connectivity index (χ4n) is 1.31. The number of nitriles is 1. The van der Waals surface area contributed by atoms with Crippen molar-refractivity contribution < 1.29 is 8.42 Å². The van der Waals surface area contributed by atoms with Crippen LogP contribution in [0, 0.1) is 17.2 Å². The lowest BCUT2D eigenvalue weighted by Gasteiger charge is -2.24. The second-order valence-electron chi connectivity index (χ2n) is 4.50. The molecule has 0 aromatic rings. The van der Waals surface area contributed by atoms with Crippen LogP contribution in [0.4, 0.5) is 0 Å². The van der Waals surface area contributed by atoms with Gasteiger partial charge in [0.2, 0.25) is 10.0 Å². The molecule has 0 heterocycles. The number of rotatable bonds is 7. The lowest BCUT2D eigenvalue weighted by Crippen LogP contribution is -2.47. The summed E-state index contributed by atoms with van der Waals surface area (Å²) >= 11 is 0. The number of hydrogen-bond acceptors (Lipinski definition) is 3. The summed E-state index contributed by atoms with van der Waals surface area (Å²) in [5, 5.41) is 9.04. The highest BCUT2D eigenvalue weighted by Gasteiger charge is 2.30. The molecule has 1 N–H and O–H groups in total. The van der Waals surface area contributed by atoms with Gasteiger partial charge in [0.25, 0.3) is 0 Å². The zero-order chi connectivity index (χ0) is 12.8. The molecule has 94 valence electrons. The lowest BCUT2D eigenvalue weighted by molar-refractivity contribution is 0.444. The SMILES string of the molecule is CCC(C#N)(CC)NS(=O)(=O)CCC(C)C. The van der Waals surface area contributed by atoms with Gasteiger partial charge < -0.3 is 0 Å². The fraction of sp³-hybridized carbons (Fsp3) is 0.909. The Morgan fingerprint density at radius 2 is 1.81 bits per heavy atom. The minimum atomic E-state index is -3.34. The molecule has 16 heavy (non-hydrogen) atoms. The van der Waals surface area contributed by atoms with E-state index in [1.54, 1.807) is 0 Å². The first-order valence-electron chi connectivity index (χ1n) is 5.73. The van der Waals surface area contributed by atoms with Crippen LogP contribution in [-0.4, -0.2) is 19.7 Å². The molecule has 0 aromatic carbocycles. The summed E-state index contributed by atoms with van der Waals surface area (Å²) in [5.41, 5.74) is -0.935. The van der Waals surface area contributed by atoms with E-state index in [-0.39, 0.29) is 5.75 Å². The van der Waals surface area contributed by atoms with Crippen molar-refractivity contribution in [3.8, 4) is 6.07 Å². The van der Waals surface area contributed by atoms with Crippen LogP contribution in [0.2, 0.25) is 0 Å². The first kappa shape index (κ1) is 15.4. The topological polar surface area (TPSA) is 70.0 Å². The highest BCUT2D eigenvalue weighted by molar-refractivity contribution is 7.89. The normalized spacial score (nSPS) is 12.8. The molecule has 5 heteroatoms. The largest absolute Gasteiger partial charge is 0.212 e. The zero-order valence-electron chi connectivity index (χ0n) is 10.6. The van der Waals surface area contributed by atoms with Gasteiger partial charge in [-0.05, 0) is 25.2 Å². The first-order valence-corrected chi connectivity index (χ1v) is 7.39. The molecule has 0 aliphatic heterocycles. The number of hydrogen-bond donors (Lipinski definition) is 1. The van der Waals surface area contributed by atoms with E-state index < -0.39 is 15.6 Å². The lowest BCUT2D eigenvalue weighted by atomic mass is 9.97. The third-order valence-corrected chi connectivity index (χ3v) is 4.21. The smallest absolute Gasteiger partial charge is 0.212 e. The van der Waals surface area contributed by atoms with Gasteiger partial charge >= 0.3 is 0 Å². The van der Waals surface area contributed by atoms with Gasteiger partial charge in [0.05, 0.1) is 11.8 Å². The number of sulfonamides is 1. The Labute approximate surface area is 99.1 Å². The Hall–Kier alpha value is -0.600. The molecule has 0 saturated heterocycles. The van der Waals surface area contributed by atoms with E-state index >= 15 is 0 Å². The molecule has 0 amide bonds. The van der Waals surface area contributed by atoms with Gasteiger partial charge in [-0.1, -0.05) is 27.7 Å². The van der Waals surface area contributed by atoms with Crippen LogP contribution in [0.25, 0.3) is 0 Å². The van der Waals surface area contributed by atoms with Crippen molar-refractivity contribution in [3.05, 3.63) is 0 Å². The van der Waals surface area contributed by atoms with Gasteiger partial charge in [-0.25, -0.2) is 8.42 Å². The molecular weight excluding hydrogens is 224 g/mol. The molecule has 0 radical (unpaired) electrons. The fourth-order valence-corrected chi connectivity index (χ4v) is 3.13. The van der Waals surface area contributed by atoms with Gasteiger partial charge in [0.1, 0.15) is 5.54 Å². The predicted molar refractivity (Wildman–Crippen MR) is 65.3 cm³/mol. The molecule has 0 aromatic heterocycles. The summed E-state index contributed by atoms with van der Waals surface area (Å²) in [7, 11) is -3.34. The Morgan fingerprint density at radius 1 is 1.31 bits per heavy atom. The maximum absolute atomic E-state index is 11.8. The van der Waals surface area contributed by atoms with E-state index in [1.165, 1.54) is 0 Å². The van der Waals surface area contributed by atoms with E-state index in [0.717, 1.165) is 0 Å². The average Bonchev–Trinajstić information content (AvgIpc) is 2.24. The highest BCUT2D eigenvalue weighted by atomic mass is 32.2. The van der Waals surface area contributed by atoms with Gasteiger partial charge in [-0.15, -0.1) is 0 Å². The summed E-state index contributed by atoms with van der Waals surface area (Å²) in [4.78, 5) is 0. The first-order chi connectivity index (χ1) is 7.31. The van der Waals surface area contributed by atoms with Gasteiger partial charge in [-0.3, -0.25) is 0 Å². The van der Waals surface area contributed by atoms with Crippen LogP contribution in [0.1, 0.15) is 47.0 Å². The van der Waals surface area contributed by atoms with E-state index in [2.05, 4.69) is 10.8 Å². The van der Waals surface area contributed by atoms with Gasteiger partial charge in [-0.2, -0.15) is 9.98 Å². The maximum atomic E-state index is 11.8. The third-order valence-electron chi connectivity index (χ3n) is 2.74. The summed E-state index contributed by atoms with van der Waals surface area (Å²) in [6.45, 7) is 7.59. The molecular formula is C11H22N2O2S. The molecule has 0 spiro atoms. The molecule has 4 nitrogen and oxygen atoms in total. The number of nitrogens with zero attached hydrogens (tertiary/aromatic N) is 1. The van der Waals surface area contributed by atoms with Crippen molar-refractivity contribution in [3.63, 3.8) is 0 Å². The quantitative estimate of drug-likeness (QED) is 0.747. The van der Waals surface area contributed by atoms with Crippen LogP contribution in [0.5, 0.6) is 0 Å². The Balaban J connectivity index is 4.63. The number of nitrogens with one attached hydrogen (secondary N) is 1. The van der Waals surface area contributed by atoms with Crippen LogP contribution >= 0.6 is 0 Å². The van der Waals surface area contributed by atoms with E-state index in [1.807, 2.05) is 27.7 Å². The molecule has 0 rings (SSSR count). The van der Waals surface area contributed by atoms with Crippen LogP contribution < -0.4 is 4.72 Å². The van der Waals surface area contributed by atoms with Crippen molar-refractivity contribution >= 4 is 10.0 Å². The van der Waals surface area contributed by atoms with E-state index in [0.29, 0.717) is 25.2 Å². The van der Waals surface area contributed by atoms with E-state index in [9.17, 15) is 8.42 Å². The average molecular weight is 246 g/mol. The molecule has 0 saturated carbocycles. The Bertz CT molecular complexity index is 337. The van der Waals surface area contributed by atoms with Crippen LogP contribution in [-0.2, 0) is 10.0 Å². The molecule has 0 unspecified atom stereocenters. The second-order valence-corrected chi connectivity index (χ2v) is 6.35. The van der Waals surface area contributed by atoms with E-state index in [4.69, 9.17) is 5.26 Å². The van der Waals surface area contributed by atoms with Crippen molar-refractivity contribution in [1.29, 1.82) is 5.26 Å². The minimum absolute atomic E-state index is 0.0914. The molecule has 0 bridgehead atoms. The Kier molecular flexibility index (Phi) is 5.98. The van der Waals surface area contributed by atoms with Crippen LogP contribution in [0.3, 0.4) is 0 Å². The monoisotopic (exact) mass is 246 g/mol.